The number of carbonyl (C=O) groups is 1. The second-order valence-electron chi connectivity index (χ2n) is 6.76. The molecule has 1 saturated heterocycles. The molecule has 0 radical (unpaired) electrons. The number of hydrogen-bond acceptors (Lipinski definition) is 6. The molecule has 0 unspecified atom stereocenters. The molecule has 1 heterocycles. The van der Waals surface area contributed by atoms with E-state index >= 15 is 0 Å². The van der Waals surface area contributed by atoms with Crippen molar-refractivity contribution in [2.24, 2.45) is 0 Å². The molecule has 2 aromatic rings. The van der Waals surface area contributed by atoms with Crippen LogP contribution in [0.5, 0.6) is 11.5 Å². The molecule has 0 bridgehead atoms. The lowest BCUT2D eigenvalue weighted by molar-refractivity contribution is -0.118. The zero-order chi connectivity index (χ0) is 21.6. The first-order valence-electron chi connectivity index (χ1n) is 9.74. The summed E-state index contributed by atoms with van der Waals surface area (Å²) in [5, 5.41) is 2.70. The number of carbonyl (C=O) groups excluding carboxylic acids is 1. The molecule has 1 amide bonds. The van der Waals surface area contributed by atoms with Crippen LogP contribution in [0.2, 0.25) is 0 Å². The first-order chi connectivity index (χ1) is 14.4. The highest BCUT2D eigenvalue weighted by atomic mass is 32.2. The van der Waals surface area contributed by atoms with Crippen LogP contribution in [0.1, 0.15) is 12.5 Å². The molecule has 162 valence electrons. The van der Waals surface area contributed by atoms with Crippen molar-refractivity contribution in [1.82, 2.24) is 4.31 Å². The monoisotopic (exact) mass is 434 g/mol. The van der Waals surface area contributed by atoms with Crippen LogP contribution in [0.25, 0.3) is 0 Å². The van der Waals surface area contributed by atoms with Crippen LogP contribution in [0.4, 0.5) is 5.69 Å². The van der Waals surface area contributed by atoms with Gasteiger partial charge in [0.05, 0.1) is 30.4 Å². The van der Waals surface area contributed by atoms with Gasteiger partial charge in [0.25, 0.3) is 5.91 Å². The second-order valence-corrected chi connectivity index (χ2v) is 8.70. The molecule has 1 aliphatic rings. The van der Waals surface area contributed by atoms with E-state index in [4.69, 9.17) is 14.2 Å². The molecule has 1 aliphatic heterocycles. The van der Waals surface area contributed by atoms with E-state index in [0.29, 0.717) is 44.4 Å². The van der Waals surface area contributed by atoms with Gasteiger partial charge in [0, 0.05) is 13.1 Å². The fourth-order valence-corrected chi connectivity index (χ4v) is 4.46. The Labute approximate surface area is 176 Å². The number of nitrogens with zero attached hydrogens (tertiary/aromatic N) is 1. The van der Waals surface area contributed by atoms with Gasteiger partial charge in [-0.05, 0) is 49.7 Å². The molecule has 0 spiro atoms. The van der Waals surface area contributed by atoms with E-state index < -0.39 is 15.9 Å². The molecule has 0 aliphatic carbocycles. The third-order valence-electron chi connectivity index (χ3n) is 4.49. The van der Waals surface area contributed by atoms with Crippen LogP contribution in [0, 0.1) is 6.92 Å². The largest absolute Gasteiger partial charge is 0.492 e. The van der Waals surface area contributed by atoms with Gasteiger partial charge in [-0.3, -0.25) is 4.79 Å². The summed E-state index contributed by atoms with van der Waals surface area (Å²) in [6.07, 6.45) is 0. The van der Waals surface area contributed by atoms with Gasteiger partial charge in [-0.25, -0.2) is 8.42 Å². The number of ether oxygens (including phenoxy) is 3. The third-order valence-corrected chi connectivity index (χ3v) is 6.39. The molecular weight excluding hydrogens is 408 g/mol. The summed E-state index contributed by atoms with van der Waals surface area (Å²) in [6.45, 7) is 5.20. The van der Waals surface area contributed by atoms with Crippen LogP contribution in [-0.2, 0) is 19.6 Å². The lowest BCUT2D eigenvalue weighted by atomic mass is 10.2. The Morgan fingerprint density at radius 1 is 1.13 bits per heavy atom. The highest BCUT2D eigenvalue weighted by Crippen LogP contribution is 2.29. The molecule has 0 atom stereocenters. The van der Waals surface area contributed by atoms with Crippen molar-refractivity contribution in [3.63, 3.8) is 0 Å². The molecule has 1 N–H and O–H groups in total. The van der Waals surface area contributed by atoms with E-state index in [0.717, 1.165) is 5.56 Å². The predicted molar refractivity (Wildman–Crippen MR) is 112 cm³/mol. The van der Waals surface area contributed by atoms with Crippen molar-refractivity contribution in [3.8, 4) is 11.5 Å². The molecule has 2 aromatic carbocycles. The molecule has 0 saturated carbocycles. The number of morpholine rings is 1. The quantitative estimate of drug-likeness (QED) is 0.686. The van der Waals surface area contributed by atoms with E-state index in [1.54, 1.807) is 12.1 Å². The molecule has 3 rings (SSSR count). The van der Waals surface area contributed by atoms with Crippen LogP contribution < -0.4 is 14.8 Å². The highest BCUT2D eigenvalue weighted by molar-refractivity contribution is 7.89. The minimum absolute atomic E-state index is 0.0859. The van der Waals surface area contributed by atoms with Gasteiger partial charge in [-0.15, -0.1) is 0 Å². The van der Waals surface area contributed by atoms with Crippen molar-refractivity contribution in [3.05, 3.63) is 48.0 Å². The van der Waals surface area contributed by atoms with Crippen molar-refractivity contribution < 1.29 is 27.4 Å². The third kappa shape index (κ3) is 5.50. The minimum atomic E-state index is -3.70. The maximum Gasteiger partial charge on any atom is 0.262 e. The van der Waals surface area contributed by atoms with Gasteiger partial charge in [-0.2, -0.15) is 4.31 Å². The molecular formula is C21H26N2O6S. The van der Waals surface area contributed by atoms with Crippen LogP contribution in [-0.4, -0.2) is 58.1 Å². The second kappa shape index (κ2) is 9.92. The number of nitrogens with one attached hydrogen (secondary N) is 1. The van der Waals surface area contributed by atoms with Gasteiger partial charge in [0.2, 0.25) is 10.0 Å². The number of aryl methyl sites for hydroxylation is 1. The van der Waals surface area contributed by atoms with E-state index in [-0.39, 0.29) is 17.2 Å². The average Bonchev–Trinajstić information content (AvgIpc) is 2.74. The standard InChI is InChI=1S/C21H26N2O6S/c1-3-28-20-8-7-18(30(25,26)23-9-11-27-12-10-23)14-19(20)22-21(24)15-29-17-6-4-5-16(2)13-17/h4-8,13-14H,3,9-12,15H2,1-2H3,(H,22,24). The highest BCUT2D eigenvalue weighted by Gasteiger charge is 2.27. The minimum Gasteiger partial charge on any atom is -0.492 e. The lowest BCUT2D eigenvalue weighted by Crippen LogP contribution is -2.40. The van der Waals surface area contributed by atoms with Gasteiger partial charge >= 0.3 is 0 Å². The van der Waals surface area contributed by atoms with Gasteiger partial charge < -0.3 is 19.5 Å². The summed E-state index contributed by atoms with van der Waals surface area (Å²) in [4.78, 5) is 12.5. The van der Waals surface area contributed by atoms with E-state index in [9.17, 15) is 13.2 Å². The van der Waals surface area contributed by atoms with Crippen molar-refractivity contribution in [2.75, 3.05) is 44.8 Å². The van der Waals surface area contributed by atoms with E-state index in [1.807, 2.05) is 32.0 Å². The normalized spacial score (nSPS) is 14.9. The average molecular weight is 435 g/mol. The van der Waals surface area contributed by atoms with E-state index in [1.165, 1.54) is 16.4 Å². The summed E-state index contributed by atoms with van der Waals surface area (Å²) >= 11 is 0. The SMILES string of the molecule is CCOc1ccc(S(=O)(=O)N2CCOCC2)cc1NC(=O)COc1cccc(C)c1. The molecule has 1 fully saturated rings. The Bertz CT molecular complexity index is 987. The Morgan fingerprint density at radius 3 is 2.60 bits per heavy atom. The molecule has 9 heteroatoms. The van der Waals surface area contributed by atoms with Crippen molar-refractivity contribution in [1.29, 1.82) is 0 Å². The fourth-order valence-electron chi connectivity index (χ4n) is 3.02. The zero-order valence-electron chi connectivity index (χ0n) is 17.1. The Hall–Kier alpha value is -2.62. The van der Waals surface area contributed by atoms with Crippen LogP contribution >= 0.6 is 0 Å². The molecule has 30 heavy (non-hydrogen) atoms. The summed E-state index contributed by atoms with van der Waals surface area (Å²) in [6, 6.07) is 11.8. The Kier molecular flexibility index (Phi) is 7.30. The number of rotatable bonds is 8. The van der Waals surface area contributed by atoms with Gasteiger partial charge in [0.15, 0.2) is 6.61 Å². The smallest absolute Gasteiger partial charge is 0.262 e. The van der Waals surface area contributed by atoms with Crippen LogP contribution in [0.3, 0.4) is 0 Å². The summed E-state index contributed by atoms with van der Waals surface area (Å²) < 4.78 is 43.5. The zero-order valence-corrected chi connectivity index (χ0v) is 17.9. The van der Waals surface area contributed by atoms with Crippen molar-refractivity contribution >= 4 is 21.6 Å². The number of sulfonamides is 1. The Balaban J connectivity index is 1.76. The number of amides is 1. The maximum atomic E-state index is 12.9. The summed E-state index contributed by atoms with van der Waals surface area (Å²) in [7, 11) is -3.70. The van der Waals surface area contributed by atoms with Gasteiger partial charge in [-0.1, -0.05) is 12.1 Å². The predicted octanol–water partition coefficient (Wildman–Crippen LogP) is 2.43. The topological polar surface area (TPSA) is 94.2 Å². The summed E-state index contributed by atoms with van der Waals surface area (Å²) in [5.74, 6) is 0.555. The first kappa shape index (κ1) is 22.1. The number of benzene rings is 2. The van der Waals surface area contributed by atoms with Gasteiger partial charge in [0.1, 0.15) is 11.5 Å². The van der Waals surface area contributed by atoms with E-state index in [2.05, 4.69) is 5.32 Å². The molecule has 0 aromatic heterocycles. The number of anilines is 1. The first-order valence-corrected chi connectivity index (χ1v) is 11.2. The lowest BCUT2D eigenvalue weighted by Gasteiger charge is -2.26. The fraction of sp³-hybridized carbons (Fsp3) is 0.381. The Morgan fingerprint density at radius 2 is 1.90 bits per heavy atom. The number of hydrogen-bond donors (Lipinski definition) is 1. The molecule has 8 nitrogen and oxygen atoms in total. The van der Waals surface area contributed by atoms with Crippen molar-refractivity contribution in [2.45, 2.75) is 18.7 Å². The van der Waals surface area contributed by atoms with Crippen LogP contribution in [0.15, 0.2) is 47.4 Å². The summed E-state index contributed by atoms with van der Waals surface area (Å²) in [5.41, 5.74) is 1.30. The maximum absolute atomic E-state index is 12.9.